The number of aliphatic hydroxyl groups is 1. The monoisotopic (exact) mass is 824 g/mol. The lowest BCUT2D eigenvalue weighted by molar-refractivity contribution is -0.135. The zero-order valence-corrected chi connectivity index (χ0v) is 35.2. The number of guanidine groups is 1. The number of aliphatic imine (C=N–C) groups is 1. The molecule has 1 aliphatic carbocycles. The number of rotatable bonds is 25. The molecule has 0 aromatic rings. The van der Waals surface area contributed by atoms with Crippen molar-refractivity contribution in [3.8, 4) is 0 Å². The maximum Gasteiger partial charge on any atom is 0.245 e. The van der Waals surface area contributed by atoms with Gasteiger partial charge < -0.3 is 59.5 Å². The van der Waals surface area contributed by atoms with E-state index in [1.807, 2.05) is 27.7 Å². The summed E-state index contributed by atoms with van der Waals surface area (Å²) in [6.07, 6.45) is 6.24. The smallest absolute Gasteiger partial charge is 0.245 e. The third-order valence-corrected chi connectivity index (χ3v) is 9.59. The lowest BCUT2D eigenvalue weighted by Crippen LogP contribution is -2.59. The van der Waals surface area contributed by atoms with Crippen molar-refractivity contribution in [3.05, 3.63) is 0 Å². The Bertz CT molecular complexity index is 1430. The molecule has 0 aliphatic heterocycles. The van der Waals surface area contributed by atoms with Crippen molar-refractivity contribution in [1.82, 2.24) is 37.2 Å². The van der Waals surface area contributed by atoms with Gasteiger partial charge in [0.25, 0.3) is 0 Å². The number of nitrogens with zero attached hydrogens (tertiary/aromatic N) is 1. The molecule has 1 fully saturated rings. The summed E-state index contributed by atoms with van der Waals surface area (Å²) in [7, 11) is 0. The standard InChI is InChI=1S/C38H69N11O9/c1-20(2)16-27(31(39)52)47-37(58)30(19-50)49-33(54)23(6)44-35(56)28(17-21(3)4)48-32(53)22(5)43-34(55)26(14-11-15-42-38(40)41)46-36(57)29(45-24(7)51)18-25-12-9-8-10-13-25/h20-23,25-30,50H,8-19H2,1-7H3,(H2,39,52)(H,43,55)(H,44,56)(H,45,51)(H,46,57)(H,47,58)(H,48,53)(H,49,54)(H4,40,41,42)/t22-,23-,26-,27-,28-,29-,30-/m0/s1. The number of aliphatic hydroxyl groups excluding tert-OH is 1. The van der Waals surface area contributed by atoms with E-state index in [9.17, 15) is 43.5 Å². The maximum atomic E-state index is 13.6. The predicted molar refractivity (Wildman–Crippen MR) is 217 cm³/mol. The molecule has 20 nitrogen and oxygen atoms in total. The fourth-order valence-corrected chi connectivity index (χ4v) is 6.52. The van der Waals surface area contributed by atoms with Gasteiger partial charge in [0.1, 0.15) is 42.3 Å². The summed E-state index contributed by atoms with van der Waals surface area (Å²) in [6, 6.07) is -8.06. The zero-order valence-electron chi connectivity index (χ0n) is 35.2. The first-order valence-electron chi connectivity index (χ1n) is 20.2. The first-order valence-corrected chi connectivity index (χ1v) is 20.2. The van der Waals surface area contributed by atoms with Gasteiger partial charge in [-0.3, -0.25) is 43.3 Å². The van der Waals surface area contributed by atoms with Crippen molar-refractivity contribution >= 4 is 53.2 Å². The van der Waals surface area contributed by atoms with Crippen molar-refractivity contribution in [1.29, 1.82) is 0 Å². The SMILES string of the molecule is CC(=O)N[C@@H](CC1CCCCC1)C(=O)N[C@@H](CCCN=C(N)N)C(=O)N[C@@H](C)C(=O)N[C@@H](CC(C)C)C(=O)N[C@@H](C)C(=O)N[C@@H](CO)C(=O)N[C@@H](CC(C)C)C(N)=O. The van der Waals surface area contributed by atoms with Crippen LogP contribution in [0.15, 0.2) is 4.99 Å². The van der Waals surface area contributed by atoms with Gasteiger partial charge in [0.15, 0.2) is 5.96 Å². The highest BCUT2D eigenvalue weighted by molar-refractivity contribution is 5.97. The molecule has 7 atom stereocenters. The molecule has 0 spiro atoms. The van der Waals surface area contributed by atoms with Crippen LogP contribution in [0.4, 0.5) is 0 Å². The lowest BCUT2D eigenvalue weighted by atomic mass is 9.84. The van der Waals surface area contributed by atoms with E-state index >= 15 is 0 Å². The molecule has 1 rings (SSSR count). The molecule has 0 bridgehead atoms. The van der Waals surface area contributed by atoms with E-state index in [1.165, 1.54) is 20.8 Å². The molecule has 0 aromatic carbocycles. The van der Waals surface area contributed by atoms with E-state index in [0.717, 1.165) is 32.1 Å². The molecule has 8 amide bonds. The van der Waals surface area contributed by atoms with Gasteiger partial charge in [-0.15, -0.1) is 0 Å². The van der Waals surface area contributed by atoms with Crippen LogP contribution in [0, 0.1) is 17.8 Å². The van der Waals surface area contributed by atoms with Gasteiger partial charge in [-0.1, -0.05) is 59.8 Å². The van der Waals surface area contributed by atoms with Gasteiger partial charge in [-0.25, -0.2) is 0 Å². The third-order valence-electron chi connectivity index (χ3n) is 9.59. The Balaban J connectivity index is 3.04. The minimum atomic E-state index is -1.45. The quantitative estimate of drug-likeness (QED) is 0.0273. The van der Waals surface area contributed by atoms with Crippen LogP contribution in [0.2, 0.25) is 0 Å². The Morgan fingerprint density at radius 1 is 0.586 bits per heavy atom. The normalized spacial score (nSPS) is 16.6. The van der Waals surface area contributed by atoms with Crippen molar-refractivity contribution in [2.75, 3.05) is 13.2 Å². The Kier molecular flexibility index (Phi) is 22.9. The van der Waals surface area contributed by atoms with Crippen molar-refractivity contribution in [3.63, 3.8) is 0 Å². The van der Waals surface area contributed by atoms with Crippen molar-refractivity contribution < 1.29 is 43.5 Å². The molecule has 14 N–H and O–H groups in total. The van der Waals surface area contributed by atoms with Gasteiger partial charge in [-0.05, 0) is 63.7 Å². The Labute approximate surface area is 341 Å². The number of hydrogen-bond acceptors (Lipinski definition) is 10. The highest BCUT2D eigenvalue weighted by Crippen LogP contribution is 2.27. The Morgan fingerprint density at radius 3 is 1.52 bits per heavy atom. The molecule has 0 unspecified atom stereocenters. The second-order valence-corrected chi connectivity index (χ2v) is 16.0. The number of carbonyl (C=O) groups excluding carboxylic acids is 8. The molecule has 0 heterocycles. The second kappa shape index (κ2) is 26.1. The molecular formula is C38H69N11O9. The highest BCUT2D eigenvalue weighted by atomic mass is 16.3. The molecule has 58 heavy (non-hydrogen) atoms. The molecule has 1 aliphatic rings. The van der Waals surface area contributed by atoms with Crippen LogP contribution in [-0.4, -0.2) is 114 Å². The average molecular weight is 824 g/mol. The van der Waals surface area contributed by atoms with Crippen LogP contribution in [0.5, 0.6) is 0 Å². The van der Waals surface area contributed by atoms with E-state index in [0.29, 0.717) is 12.8 Å². The Hall–Kier alpha value is -5.01. The van der Waals surface area contributed by atoms with Gasteiger partial charge in [0.05, 0.1) is 6.61 Å². The topological polar surface area (TPSA) is 331 Å². The van der Waals surface area contributed by atoms with Gasteiger partial charge in [0, 0.05) is 13.5 Å². The summed E-state index contributed by atoms with van der Waals surface area (Å²) in [4.78, 5) is 107. The van der Waals surface area contributed by atoms with Crippen LogP contribution in [0.3, 0.4) is 0 Å². The second-order valence-electron chi connectivity index (χ2n) is 16.0. The molecular weight excluding hydrogens is 754 g/mol. The van der Waals surface area contributed by atoms with Crippen LogP contribution in [-0.2, 0) is 38.4 Å². The fraction of sp³-hybridized carbons (Fsp3) is 0.763. The number of nitrogens with two attached hydrogens (primary N) is 3. The van der Waals surface area contributed by atoms with E-state index in [2.05, 4.69) is 42.2 Å². The lowest BCUT2D eigenvalue weighted by Gasteiger charge is -2.28. The summed E-state index contributed by atoms with van der Waals surface area (Å²) in [6.45, 7) is 10.7. The Morgan fingerprint density at radius 2 is 1.03 bits per heavy atom. The summed E-state index contributed by atoms with van der Waals surface area (Å²) in [5.41, 5.74) is 16.3. The molecule has 330 valence electrons. The van der Waals surface area contributed by atoms with Crippen LogP contribution >= 0.6 is 0 Å². The van der Waals surface area contributed by atoms with Gasteiger partial charge in [-0.2, -0.15) is 0 Å². The molecule has 0 saturated heterocycles. The largest absolute Gasteiger partial charge is 0.394 e. The van der Waals surface area contributed by atoms with Crippen LogP contribution in [0.1, 0.15) is 113 Å². The van der Waals surface area contributed by atoms with E-state index < -0.39 is 90.3 Å². The highest BCUT2D eigenvalue weighted by Gasteiger charge is 2.33. The summed E-state index contributed by atoms with van der Waals surface area (Å²) >= 11 is 0. The first kappa shape index (κ1) is 51.0. The summed E-state index contributed by atoms with van der Waals surface area (Å²) in [5.74, 6) is -5.53. The molecule has 20 heteroatoms. The molecule has 0 radical (unpaired) electrons. The van der Waals surface area contributed by atoms with Gasteiger partial charge in [0.2, 0.25) is 47.3 Å². The predicted octanol–water partition coefficient (Wildman–Crippen LogP) is -1.97. The van der Waals surface area contributed by atoms with Crippen LogP contribution < -0.4 is 54.4 Å². The fourth-order valence-electron chi connectivity index (χ4n) is 6.52. The van der Waals surface area contributed by atoms with Crippen molar-refractivity contribution in [2.24, 2.45) is 39.9 Å². The van der Waals surface area contributed by atoms with Gasteiger partial charge >= 0.3 is 0 Å². The summed E-state index contributed by atoms with van der Waals surface area (Å²) < 4.78 is 0. The zero-order chi connectivity index (χ0) is 44.1. The third kappa shape index (κ3) is 19.9. The number of nitrogens with one attached hydrogen (secondary N) is 7. The molecule has 0 aromatic heterocycles. The van der Waals surface area contributed by atoms with E-state index in [-0.39, 0.29) is 55.4 Å². The summed E-state index contributed by atoms with van der Waals surface area (Å²) in [5, 5.41) is 27.7. The number of hydrogen-bond donors (Lipinski definition) is 11. The van der Waals surface area contributed by atoms with E-state index in [4.69, 9.17) is 17.2 Å². The van der Waals surface area contributed by atoms with Crippen LogP contribution in [0.25, 0.3) is 0 Å². The first-order chi connectivity index (χ1) is 27.1. The minimum Gasteiger partial charge on any atom is -0.394 e. The van der Waals surface area contributed by atoms with E-state index in [1.54, 1.807) is 0 Å². The maximum absolute atomic E-state index is 13.6. The minimum absolute atomic E-state index is 0.0110. The number of primary amides is 1. The average Bonchev–Trinajstić information content (AvgIpc) is 3.13. The van der Waals surface area contributed by atoms with Crippen molar-refractivity contribution in [2.45, 2.75) is 155 Å². The molecule has 1 saturated carbocycles. The number of carbonyl (C=O) groups is 8. The number of amides is 8.